The lowest BCUT2D eigenvalue weighted by atomic mass is 9.56. The summed E-state index contributed by atoms with van der Waals surface area (Å²) in [6.07, 6.45) is 2.18. The number of rotatable bonds is 3. The number of amides is 4. The Morgan fingerprint density at radius 3 is 2.27 bits per heavy atom. The van der Waals surface area contributed by atoms with Crippen LogP contribution in [0.1, 0.15) is 29.9 Å². The minimum absolute atomic E-state index is 0.0509. The number of phenolic OH excluding ortho intramolecular Hbond substituents is 1. The number of halogens is 2. The molecule has 0 spiro atoms. The molecule has 0 radical (unpaired) electrons. The smallest absolute Gasteiger partial charge is 0.253 e. The summed E-state index contributed by atoms with van der Waals surface area (Å²) in [5.41, 5.74) is 2.19. The molecule has 2 saturated heterocycles. The molecule has 7 nitrogen and oxygen atoms in total. The van der Waals surface area contributed by atoms with Crippen molar-refractivity contribution in [3.63, 3.8) is 0 Å². The van der Waals surface area contributed by atoms with Gasteiger partial charge in [-0.1, -0.05) is 72.3 Å². The monoisotopic (exact) mass is 588 g/mol. The zero-order chi connectivity index (χ0) is 28.8. The highest BCUT2D eigenvalue weighted by molar-refractivity contribution is 6.53. The van der Waals surface area contributed by atoms with E-state index in [1.807, 2.05) is 48.5 Å². The van der Waals surface area contributed by atoms with E-state index in [0.29, 0.717) is 22.8 Å². The van der Waals surface area contributed by atoms with Crippen molar-refractivity contribution in [2.45, 2.75) is 35.1 Å². The third-order valence-electron chi connectivity index (χ3n) is 9.53. The highest BCUT2D eigenvalue weighted by atomic mass is 35.5. The molecule has 4 aliphatic rings. The largest absolute Gasteiger partial charge is 0.507 e. The van der Waals surface area contributed by atoms with Crippen LogP contribution in [0.15, 0.2) is 78.4 Å². The van der Waals surface area contributed by atoms with Crippen molar-refractivity contribution in [1.29, 1.82) is 0 Å². The van der Waals surface area contributed by atoms with Gasteiger partial charge in [0.15, 0.2) is 9.75 Å². The van der Waals surface area contributed by atoms with Crippen LogP contribution >= 0.6 is 23.2 Å². The summed E-state index contributed by atoms with van der Waals surface area (Å²) in [6, 6.07) is 19.8. The Morgan fingerprint density at radius 1 is 0.854 bits per heavy atom. The average molecular weight is 589 g/mol. The molecule has 6 unspecified atom stereocenters. The van der Waals surface area contributed by atoms with Gasteiger partial charge in [0, 0.05) is 18.4 Å². The van der Waals surface area contributed by atoms with E-state index in [2.05, 4.69) is 0 Å². The van der Waals surface area contributed by atoms with Gasteiger partial charge in [-0.3, -0.25) is 29.0 Å². The minimum Gasteiger partial charge on any atom is -0.507 e. The molecule has 2 aliphatic heterocycles. The number of aromatic hydroxyl groups is 1. The Bertz CT molecular complexity index is 1710. The minimum atomic E-state index is -1.87. The number of carbonyl (C=O) groups excluding carboxylic acids is 4. The standard InChI is InChI=1S/C32H26Cl2N2O5/c1-35-29(40)31(33)15-23-21(11-12-22-25(23)28(39)36(27(22)38)16-17-7-3-2-4-8-17)26(32(31,34)30(35)41)20-13-14-24(37)19-10-6-5-9-18(19)20/h2-11,13-14,22-23,25-26,37H,12,15-16H2,1H3. The molecule has 3 aromatic rings. The number of carbonyl (C=O) groups is 4. The summed E-state index contributed by atoms with van der Waals surface area (Å²) in [7, 11) is 1.37. The maximum atomic E-state index is 14.0. The van der Waals surface area contributed by atoms with Crippen LogP contribution in [0.25, 0.3) is 10.8 Å². The number of imide groups is 2. The number of alkyl halides is 2. The molecule has 2 heterocycles. The Balaban J connectivity index is 1.40. The van der Waals surface area contributed by atoms with E-state index < -0.39 is 45.2 Å². The third kappa shape index (κ3) is 3.33. The summed E-state index contributed by atoms with van der Waals surface area (Å²) in [6.45, 7) is 0.158. The quantitative estimate of drug-likeness (QED) is 0.271. The maximum Gasteiger partial charge on any atom is 0.253 e. The predicted molar refractivity (Wildman–Crippen MR) is 153 cm³/mol. The summed E-state index contributed by atoms with van der Waals surface area (Å²) < 4.78 is 0. The lowest BCUT2D eigenvalue weighted by Gasteiger charge is -2.51. The second kappa shape index (κ2) is 8.91. The summed E-state index contributed by atoms with van der Waals surface area (Å²) in [5, 5.41) is 11.8. The zero-order valence-corrected chi connectivity index (χ0v) is 23.6. The molecule has 3 fully saturated rings. The molecular formula is C32H26Cl2N2O5. The first-order chi connectivity index (χ1) is 19.6. The normalized spacial score (nSPS) is 32.7. The molecule has 0 aromatic heterocycles. The first kappa shape index (κ1) is 26.2. The van der Waals surface area contributed by atoms with Crippen LogP contribution in [0.5, 0.6) is 5.75 Å². The van der Waals surface area contributed by atoms with Gasteiger partial charge in [-0.05, 0) is 41.3 Å². The second-order valence-corrected chi connectivity index (χ2v) is 12.7. The number of allylic oxidation sites excluding steroid dienone is 2. The van der Waals surface area contributed by atoms with Crippen molar-refractivity contribution in [3.05, 3.63) is 89.5 Å². The molecule has 9 heteroatoms. The summed E-state index contributed by atoms with van der Waals surface area (Å²) in [4.78, 5) is 53.6. The Labute approximate surface area is 246 Å². The molecule has 1 saturated carbocycles. The van der Waals surface area contributed by atoms with E-state index in [9.17, 15) is 24.3 Å². The maximum absolute atomic E-state index is 14.0. The van der Waals surface area contributed by atoms with Crippen LogP contribution in [-0.2, 0) is 25.7 Å². The molecular weight excluding hydrogens is 563 g/mol. The molecule has 2 aliphatic carbocycles. The Hall–Kier alpha value is -3.68. The topological polar surface area (TPSA) is 95.0 Å². The van der Waals surface area contributed by atoms with Gasteiger partial charge in [-0.25, -0.2) is 0 Å². The van der Waals surface area contributed by atoms with Gasteiger partial charge in [-0.15, -0.1) is 23.2 Å². The van der Waals surface area contributed by atoms with Crippen molar-refractivity contribution in [3.8, 4) is 5.75 Å². The van der Waals surface area contributed by atoms with Crippen LogP contribution in [0.4, 0.5) is 0 Å². The van der Waals surface area contributed by atoms with Gasteiger partial charge in [0.25, 0.3) is 11.8 Å². The van der Waals surface area contributed by atoms with Gasteiger partial charge in [0.1, 0.15) is 5.75 Å². The van der Waals surface area contributed by atoms with Crippen LogP contribution in [0.2, 0.25) is 0 Å². The van der Waals surface area contributed by atoms with E-state index in [4.69, 9.17) is 23.2 Å². The molecule has 4 amide bonds. The van der Waals surface area contributed by atoms with E-state index in [0.717, 1.165) is 16.0 Å². The van der Waals surface area contributed by atoms with Gasteiger partial charge < -0.3 is 5.11 Å². The lowest BCUT2D eigenvalue weighted by molar-refractivity contribution is -0.141. The van der Waals surface area contributed by atoms with Crippen LogP contribution in [0, 0.1) is 17.8 Å². The van der Waals surface area contributed by atoms with Gasteiger partial charge in [0.2, 0.25) is 11.8 Å². The summed E-state index contributed by atoms with van der Waals surface area (Å²) >= 11 is 14.6. The molecule has 0 bridgehead atoms. The highest BCUT2D eigenvalue weighted by Gasteiger charge is 2.76. The van der Waals surface area contributed by atoms with Crippen LogP contribution < -0.4 is 0 Å². The Morgan fingerprint density at radius 2 is 1.54 bits per heavy atom. The second-order valence-electron chi connectivity index (χ2n) is 11.5. The fourth-order valence-corrected chi connectivity index (χ4v) is 8.65. The van der Waals surface area contributed by atoms with Gasteiger partial charge in [0.05, 0.1) is 18.4 Å². The van der Waals surface area contributed by atoms with Crippen molar-refractivity contribution < 1.29 is 24.3 Å². The van der Waals surface area contributed by atoms with Crippen molar-refractivity contribution in [1.82, 2.24) is 9.80 Å². The van der Waals surface area contributed by atoms with E-state index in [1.165, 1.54) is 11.9 Å². The molecule has 6 atom stereocenters. The van der Waals surface area contributed by atoms with Gasteiger partial charge >= 0.3 is 0 Å². The van der Waals surface area contributed by atoms with Crippen molar-refractivity contribution in [2.75, 3.05) is 7.05 Å². The van der Waals surface area contributed by atoms with E-state index >= 15 is 0 Å². The van der Waals surface area contributed by atoms with E-state index in [-0.39, 0.29) is 30.5 Å². The number of likely N-dealkylation sites (tertiary alicyclic amines) is 2. The Kier molecular flexibility index (Phi) is 5.70. The third-order valence-corrected chi connectivity index (χ3v) is 10.9. The number of benzene rings is 3. The predicted octanol–water partition coefficient (Wildman–Crippen LogP) is 4.73. The number of phenols is 1. The first-order valence-corrected chi connectivity index (χ1v) is 14.3. The SMILES string of the molecule is CN1C(=O)C2(Cl)CC3C(=CCC4C(=O)N(Cc5ccccc5)C(=O)C43)C(c3ccc(O)c4ccccc34)C2(Cl)C1=O. The fraction of sp³-hybridized carbons (Fsp3) is 0.312. The fourth-order valence-electron chi connectivity index (χ4n) is 7.63. The van der Waals surface area contributed by atoms with Crippen molar-refractivity contribution >= 4 is 57.6 Å². The van der Waals surface area contributed by atoms with Crippen LogP contribution in [0.3, 0.4) is 0 Å². The number of hydrogen-bond donors (Lipinski definition) is 1. The summed E-state index contributed by atoms with van der Waals surface area (Å²) in [5.74, 6) is -4.50. The number of fused-ring (bicyclic) bond motifs is 5. The molecule has 7 rings (SSSR count). The molecule has 208 valence electrons. The number of hydrogen-bond acceptors (Lipinski definition) is 5. The molecule has 3 aromatic carbocycles. The lowest BCUT2D eigenvalue weighted by Crippen LogP contribution is -2.60. The van der Waals surface area contributed by atoms with E-state index in [1.54, 1.807) is 24.3 Å². The molecule has 1 N–H and O–H groups in total. The van der Waals surface area contributed by atoms with Gasteiger partial charge in [-0.2, -0.15) is 0 Å². The molecule has 41 heavy (non-hydrogen) atoms. The highest BCUT2D eigenvalue weighted by Crippen LogP contribution is 2.65. The zero-order valence-electron chi connectivity index (χ0n) is 22.1. The van der Waals surface area contributed by atoms with Crippen LogP contribution in [-0.4, -0.2) is 55.3 Å². The van der Waals surface area contributed by atoms with Crippen molar-refractivity contribution in [2.24, 2.45) is 17.8 Å². The first-order valence-electron chi connectivity index (χ1n) is 13.6. The number of nitrogens with zero attached hydrogens (tertiary/aromatic N) is 2. The average Bonchev–Trinajstić information content (AvgIpc) is 3.29.